The third-order valence-electron chi connectivity index (χ3n) is 1.28. The first kappa shape index (κ1) is 11.1. The molecule has 0 aromatic carbocycles. The molecule has 0 aliphatic carbocycles. The lowest BCUT2D eigenvalue weighted by atomic mass is 10.2. The Morgan fingerprint density at radius 3 is 1.57 bits per heavy atom. The lowest BCUT2D eigenvalue weighted by molar-refractivity contribution is 0.0826. The average molecular weight is 236 g/mol. The molecule has 8 heteroatoms. The Morgan fingerprint density at radius 2 is 1.29 bits per heavy atom. The van der Waals surface area contributed by atoms with E-state index in [4.69, 9.17) is 0 Å². The van der Waals surface area contributed by atoms with E-state index in [1.807, 2.05) is 0 Å². The predicted molar refractivity (Wildman–Crippen MR) is 33.8 cm³/mol. The van der Waals surface area contributed by atoms with Crippen molar-refractivity contribution in [3.05, 3.63) is 29.1 Å². The first-order valence-electron chi connectivity index (χ1n) is 3.02. The van der Waals surface area contributed by atoms with Crippen molar-refractivity contribution in [1.29, 1.82) is 0 Å². The van der Waals surface area contributed by atoms with Crippen molar-refractivity contribution in [2.45, 2.75) is 5.38 Å². The number of aromatic nitrogens is 1. The van der Waals surface area contributed by atoms with Gasteiger partial charge in [0.1, 0.15) is 5.56 Å². The Labute approximate surface area is 78.3 Å². The molecule has 0 saturated heterocycles. The molecule has 1 aromatic rings. The highest BCUT2D eigenvalue weighted by molar-refractivity contribution is 6.21. The molecule has 1 aromatic heterocycles. The van der Waals surface area contributed by atoms with Crippen LogP contribution in [0.5, 0.6) is 0 Å². The van der Waals surface area contributed by atoms with Gasteiger partial charge in [-0.25, -0.2) is 8.78 Å². The zero-order chi connectivity index (χ0) is 11.1. The van der Waals surface area contributed by atoms with Crippen molar-refractivity contribution >= 4 is 11.6 Å². The van der Waals surface area contributed by atoms with Gasteiger partial charge in [-0.15, -0.1) is 0 Å². The third kappa shape index (κ3) is 1.77. The summed E-state index contributed by atoms with van der Waals surface area (Å²) in [5.74, 6) is -8.99. The van der Waals surface area contributed by atoms with Crippen LogP contribution in [0.25, 0.3) is 0 Å². The average Bonchev–Trinajstić information content (AvgIpc) is 1.98. The van der Waals surface area contributed by atoms with E-state index in [9.17, 15) is 26.3 Å². The van der Waals surface area contributed by atoms with Crippen molar-refractivity contribution < 1.29 is 26.3 Å². The third-order valence-corrected chi connectivity index (χ3v) is 1.47. The first-order valence-corrected chi connectivity index (χ1v) is 3.40. The molecule has 1 rings (SSSR count). The molecule has 1 nitrogen and oxygen atoms in total. The number of hydrogen-bond acceptors (Lipinski definition) is 1. The Kier molecular flexibility index (Phi) is 2.62. The van der Waals surface area contributed by atoms with E-state index < -0.39 is 34.5 Å². The molecule has 0 amide bonds. The van der Waals surface area contributed by atoms with Crippen LogP contribution in [0.15, 0.2) is 0 Å². The van der Waals surface area contributed by atoms with Gasteiger partial charge in [0.15, 0.2) is 11.6 Å². The van der Waals surface area contributed by atoms with Gasteiger partial charge in [0.2, 0.25) is 0 Å². The van der Waals surface area contributed by atoms with Gasteiger partial charge in [0.25, 0.3) is 11.9 Å². The fourth-order valence-electron chi connectivity index (χ4n) is 0.736. The minimum Gasteiger partial charge on any atom is -0.201 e. The van der Waals surface area contributed by atoms with Crippen LogP contribution in [-0.2, 0) is 5.38 Å². The number of nitrogens with zero attached hydrogens (tertiary/aromatic N) is 1. The molecule has 0 unspecified atom stereocenters. The molecule has 14 heavy (non-hydrogen) atoms. The first-order chi connectivity index (χ1) is 6.25. The van der Waals surface area contributed by atoms with Gasteiger partial charge in [-0.2, -0.15) is 22.5 Å². The highest BCUT2D eigenvalue weighted by Crippen LogP contribution is 2.36. The summed E-state index contributed by atoms with van der Waals surface area (Å²) >= 11 is 4.24. The van der Waals surface area contributed by atoms with Crippen LogP contribution in [0.3, 0.4) is 0 Å². The minimum atomic E-state index is -4.54. The molecule has 0 fully saturated rings. The van der Waals surface area contributed by atoms with Crippen LogP contribution in [0, 0.1) is 23.5 Å². The summed E-state index contributed by atoms with van der Waals surface area (Å²) in [6.07, 6.45) is 0. The van der Waals surface area contributed by atoms with Crippen molar-refractivity contribution in [1.82, 2.24) is 4.98 Å². The van der Waals surface area contributed by atoms with E-state index in [1.54, 1.807) is 0 Å². The van der Waals surface area contributed by atoms with Gasteiger partial charge < -0.3 is 0 Å². The fourth-order valence-corrected chi connectivity index (χ4v) is 0.902. The van der Waals surface area contributed by atoms with E-state index in [1.165, 1.54) is 0 Å². The van der Waals surface area contributed by atoms with Gasteiger partial charge in [0, 0.05) is 0 Å². The molecule has 1 heterocycles. The van der Waals surface area contributed by atoms with Gasteiger partial charge in [-0.1, -0.05) is 0 Å². The summed E-state index contributed by atoms with van der Waals surface area (Å²) in [5.41, 5.74) is -2.19. The summed E-state index contributed by atoms with van der Waals surface area (Å²) in [5, 5.41) is -4.54. The van der Waals surface area contributed by atoms with Gasteiger partial charge in [-0.3, -0.25) is 0 Å². The quantitative estimate of drug-likeness (QED) is 0.414. The van der Waals surface area contributed by atoms with Crippen LogP contribution in [0.4, 0.5) is 26.3 Å². The maximum absolute atomic E-state index is 12.5. The molecule has 0 aliphatic rings. The van der Waals surface area contributed by atoms with E-state index in [0.29, 0.717) is 0 Å². The maximum atomic E-state index is 12.5. The summed E-state index contributed by atoms with van der Waals surface area (Å²) < 4.78 is 74.1. The zero-order valence-corrected chi connectivity index (χ0v) is 6.85. The Morgan fingerprint density at radius 1 is 0.929 bits per heavy atom. The van der Waals surface area contributed by atoms with Crippen LogP contribution in [0.1, 0.15) is 5.56 Å². The molecular formula is C6ClF6N. The molecule has 0 radical (unpaired) electrons. The molecule has 78 valence electrons. The van der Waals surface area contributed by atoms with Crippen LogP contribution in [-0.4, -0.2) is 4.98 Å². The van der Waals surface area contributed by atoms with Crippen LogP contribution < -0.4 is 0 Å². The van der Waals surface area contributed by atoms with E-state index in [0.717, 1.165) is 0 Å². The normalized spacial score (nSPS) is 11.9. The summed E-state index contributed by atoms with van der Waals surface area (Å²) in [7, 11) is 0. The molecule has 0 spiro atoms. The highest BCUT2D eigenvalue weighted by atomic mass is 35.5. The topological polar surface area (TPSA) is 12.9 Å². The monoisotopic (exact) mass is 235 g/mol. The molecule has 0 N–H and O–H groups in total. The van der Waals surface area contributed by atoms with E-state index in [-0.39, 0.29) is 0 Å². The van der Waals surface area contributed by atoms with Crippen molar-refractivity contribution in [2.24, 2.45) is 0 Å². The van der Waals surface area contributed by atoms with E-state index in [2.05, 4.69) is 16.6 Å². The predicted octanol–water partition coefficient (Wildman–Crippen LogP) is 2.93. The second-order valence-corrected chi connectivity index (χ2v) is 2.67. The standard InChI is InChI=1S/C6ClF6N/c7-6(12,13)1-2(8)4(10)14-5(11)3(1)9. The molecular weight excluding hydrogens is 236 g/mol. The Hall–Kier alpha value is -0.980. The smallest absolute Gasteiger partial charge is 0.201 e. The SMILES string of the molecule is Fc1nc(F)c(F)c(C(F)(F)Cl)c1F. The number of hydrogen-bond donors (Lipinski definition) is 0. The summed E-state index contributed by atoms with van der Waals surface area (Å²) in [6, 6.07) is 0. The Bertz CT molecular complexity index is 347. The Balaban J connectivity index is 3.56. The van der Waals surface area contributed by atoms with Gasteiger partial charge in [0.05, 0.1) is 0 Å². The molecule has 0 atom stereocenters. The van der Waals surface area contributed by atoms with Gasteiger partial charge in [-0.05, 0) is 11.6 Å². The summed E-state index contributed by atoms with van der Waals surface area (Å²) in [6.45, 7) is 0. The lowest BCUT2D eigenvalue weighted by Crippen LogP contribution is -2.15. The summed E-state index contributed by atoms with van der Waals surface area (Å²) in [4.78, 5) is 2.07. The number of alkyl halides is 3. The highest BCUT2D eigenvalue weighted by Gasteiger charge is 2.39. The molecule has 0 saturated carbocycles. The van der Waals surface area contributed by atoms with Crippen molar-refractivity contribution in [2.75, 3.05) is 0 Å². The maximum Gasteiger partial charge on any atom is 0.354 e. The largest absolute Gasteiger partial charge is 0.354 e. The zero-order valence-electron chi connectivity index (χ0n) is 6.09. The fraction of sp³-hybridized carbons (Fsp3) is 0.167. The van der Waals surface area contributed by atoms with Crippen LogP contribution >= 0.6 is 11.6 Å². The molecule has 0 bridgehead atoms. The second-order valence-electron chi connectivity index (χ2n) is 2.19. The van der Waals surface area contributed by atoms with Crippen LogP contribution in [0.2, 0.25) is 0 Å². The number of halogens is 7. The van der Waals surface area contributed by atoms with Crippen molar-refractivity contribution in [3.8, 4) is 0 Å². The number of pyridine rings is 1. The van der Waals surface area contributed by atoms with Crippen molar-refractivity contribution in [3.63, 3.8) is 0 Å². The van der Waals surface area contributed by atoms with Gasteiger partial charge >= 0.3 is 5.38 Å². The second kappa shape index (κ2) is 3.30. The van der Waals surface area contributed by atoms with E-state index >= 15 is 0 Å². The number of rotatable bonds is 1. The molecule has 0 aliphatic heterocycles. The lowest BCUT2D eigenvalue weighted by Gasteiger charge is -2.10. The minimum absolute atomic E-state index is 2.07.